The summed E-state index contributed by atoms with van der Waals surface area (Å²) in [5, 5.41) is 16.6. The van der Waals surface area contributed by atoms with Crippen LogP contribution in [-0.4, -0.2) is 25.8 Å². The Morgan fingerprint density at radius 2 is 2.21 bits per heavy atom. The van der Waals surface area contributed by atoms with Crippen LogP contribution in [0, 0.1) is 13.8 Å². The zero-order chi connectivity index (χ0) is 14.0. The Labute approximate surface area is 111 Å². The summed E-state index contributed by atoms with van der Waals surface area (Å²) in [5.41, 5.74) is 1.94. The fourth-order valence-corrected chi connectivity index (χ4v) is 1.94. The van der Waals surface area contributed by atoms with Gasteiger partial charge in [-0.3, -0.25) is 9.67 Å². The second-order valence-corrected chi connectivity index (χ2v) is 4.26. The molecule has 0 aliphatic carbocycles. The van der Waals surface area contributed by atoms with Gasteiger partial charge in [-0.25, -0.2) is 4.79 Å². The van der Waals surface area contributed by atoms with Gasteiger partial charge in [0.25, 0.3) is 0 Å². The van der Waals surface area contributed by atoms with Crippen LogP contribution in [0.1, 0.15) is 28.7 Å². The number of rotatable bonds is 4. The number of nitrogens with one attached hydrogen (secondary N) is 1. The van der Waals surface area contributed by atoms with Crippen molar-refractivity contribution in [2.75, 3.05) is 5.32 Å². The number of hydrogen-bond donors (Lipinski definition) is 2. The first-order valence-electron chi connectivity index (χ1n) is 6.03. The van der Waals surface area contributed by atoms with Crippen LogP contribution >= 0.6 is 0 Å². The Bertz CT molecular complexity index is 619. The van der Waals surface area contributed by atoms with Gasteiger partial charge in [0.1, 0.15) is 5.56 Å². The molecule has 6 nitrogen and oxygen atoms in total. The van der Waals surface area contributed by atoms with Gasteiger partial charge in [0, 0.05) is 24.5 Å². The number of carboxylic acids is 1. The largest absolute Gasteiger partial charge is 0.478 e. The lowest BCUT2D eigenvalue weighted by Gasteiger charge is -2.10. The summed E-state index contributed by atoms with van der Waals surface area (Å²) in [6.45, 7) is 6.27. The first kappa shape index (κ1) is 13.1. The maximum absolute atomic E-state index is 11.3. The van der Waals surface area contributed by atoms with Gasteiger partial charge in [-0.05, 0) is 26.8 Å². The average Bonchev–Trinajstić information content (AvgIpc) is 2.75. The van der Waals surface area contributed by atoms with Gasteiger partial charge in [-0.2, -0.15) is 5.10 Å². The van der Waals surface area contributed by atoms with E-state index < -0.39 is 5.97 Å². The molecule has 2 aromatic heterocycles. The fraction of sp³-hybridized carbons (Fsp3) is 0.308. The molecule has 19 heavy (non-hydrogen) atoms. The molecule has 0 unspecified atom stereocenters. The number of aromatic nitrogens is 3. The molecule has 2 rings (SSSR count). The van der Waals surface area contributed by atoms with Crippen molar-refractivity contribution in [2.45, 2.75) is 27.3 Å². The molecular weight excluding hydrogens is 244 g/mol. The minimum Gasteiger partial charge on any atom is -0.478 e. The molecule has 0 atom stereocenters. The quantitative estimate of drug-likeness (QED) is 0.882. The monoisotopic (exact) mass is 260 g/mol. The standard InChI is InChI=1S/C13H16N4O2/c1-4-17-6-5-11(16-17)15-10-7-8(2)14-9(3)12(10)13(18)19/h5-7H,4H2,1-3H3,(H,18,19)(H,14,15,16). The highest BCUT2D eigenvalue weighted by atomic mass is 16.4. The predicted octanol–water partition coefficient (Wildman–Crippen LogP) is 2.36. The van der Waals surface area contributed by atoms with Crippen molar-refractivity contribution < 1.29 is 9.90 Å². The number of anilines is 2. The summed E-state index contributed by atoms with van der Waals surface area (Å²) in [5.74, 6) is -0.378. The molecule has 2 N–H and O–H groups in total. The highest BCUT2D eigenvalue weighted by Gasteiger charge is 2.16. The lowest BCUT2D eigenvalue weighted by Crippen LogP contribution is -2.08. The van der Waals surface area contributed by atoms with Crippen molar-refractivity contribution in [1.29, 1.82) is 0 Å². The molecule has 0 aliphatic rings. The molecule has 0 bridgehead atoms. The van der Waals surface area contributed by atoms with E-state index in [0.717, 1.165) is 12.2 Å². The lowest BCUT2D eigenvalue weighted by molar-refractivity contribution is 0.0696. The van der Waals surface area contributed by atoms with Crippen molar-refractivity contribution in [3.63, 3.8) is 0 Å². The summed E-state index contributed by atoms with van der Waals surface area (Å²) in [6, 6.07) is 3.52. The number of carboxylic acid groups (broad SMARTS) is 1. The Kier molecular flexibility index (Phi) is 3.50. The normalized spacial score (nSPS) is 10.5. The Balaban J connectivity index is 2.40. The van der Waals surface area contributed by atoms with Crippen LogP contribution < -0.4 is 5.32 Å². The highest BCUT2D eigenvalue weighted by Crippen LogP contribution is 2.23. The van der Waals surface area contributed by atoms with Gasteiger partial charge >= 0.3 is 5.97 Å². The van der Waals surface area contributed by atoms with E-state index in [1.807, 2.05) is 20.0 Å². The highest BCUT2D eigenvalue weighted by molar-refractivity contribution is 5.96. The van der Waals surface area contributed by atoms with Crippen LogP contribution in [0.15, 0.2) is 18.3 Å². The average molecular weight is 260 g/mol. The number of nitrogens with zero attached hydrogens (tertiary/aromatic N) is 3. The van der Waals surface area contributed by atoms with Crippen molar-refractivity contribution >= 4 is 17.5 Å². The zero-order valence-electron chi connectivity index (χ0n) is 11.1. The Morgan fingerprint density at radius 1 is 1.47 bits per heavy atom. The molecule has 0 spiro atoms. The topological polar surface area (TPSA) is 80.0 Å². The van der Waals surface area contributed by atoms with Crippen LogP contribution in [0.2, 0.25) is 0 Å². The Morgan fingerprint density at radius 3 is 2.79 bits per heavy atom. The molecule has 2 aromatic rings. The third-order valence-electron chi connectivity index (χ3n) is 2.77. The van der Waals surface area contributed by atoms with Crippen molar-refractivity contribution in [1.82, 2.24) is 14.8 Å². The molecule has 100 valence electrons. The zero-order valence-corrected chi connectivity index (χ0v) is 11.1. The number of aryl methyl sites for hydroxylation is 3. The number of hydrogen-bond acceptors (Lipinski definition) is 4. The summed E-state index contributed by atoms with van der Waals surface area (Å²) in [4.78, 5) is 15.5. The second-order valence-electron chi connectivity index (χ2n) is 4.26. The van der Waals surface area contributed by atoms with E-state index in [2.05, 4.69) is 15.4 Å². The minimum absolute atomic E-state index is 0.177. The molecule has 0 aromatic carbocycles. The molecule has 0 fully saturated rings. The van der Waals surface area contributed by atoms with E-state index in [1.54, 1.807) is 23.7 Å². The molecule has 0 amide bonds. The van der Waals surface area contributed by atoms with Gasteiger partial charge in [0.05, 0.1) is 11.4 Å². The lowest BCUT2D eigenvalue weighted by atomic mass is 10.1. The van der Waals surface area contributed by atoms with Crippen LogP contribution in [0.5, 0.6) is 0 Å². The van der Waals surface area contributed by atoms with Gasteiger partial charge in [-0.15, -0.1) is 0 Å². The van der Waals surface area contributed by atoms with Crippen molar-refractivity contribution in [2.24, 2.45) is 0 Å². The molecule has 0 radical (unpaired) electrons. The summed E-state index contributed by atoms with van der Waals surface area (Å²) < 4.78 is 1.77. The molecule has 0 aliphatic heterocycles. The van der Waals surface area contributed by atoms with Crippen LogP contribution in [0.3, 0.4) is 0 Å². The van der Waals surface area contributed by atoms with Crippen molar-refractivity contribution in [3.05, 3.63) is 35.3 Å². The fourth-order valence-electron chi connectivity index (χ4n) is 1.94. The molecule has 0 saturated heterocycles. The number of pyridine rings is 1. The smallest absolute Gasteiger partial charge is 0.339 e. The number of aromatic carboxylic acids is 1. The first-order valence-corrected chi connectivity index (χ1v) is 6.03. The maximum Gasteiger partial charge on any atom is 0.339 e. The molecule has 6 heteroatoms. The molecule has 0 saturated carbocycles. The van der Waals surface area contributed by atoms with Gasteiger partial charge in [-0.1, -0.05) is 0 Å². The van der Waals surface area contributed by atoms with E-state index >= 15 is 0 Å². The van der Waals surface area contributed by atoms with Crippen LogP contribution in [0.4, 0.5) is 11.5 Å². The van der Waals surface area contributed by atoms with Gasteiger partial charge in [0.15, 0.2) is 5.82 Å². The van der Waals surface area contributed by atoms with Gasteiger partial charge in [0.2, 0.25) is 0 Å². The van der Waals surface area contributed by atoms with E-state index in [1.165, 1.54) is 0 Å². The summed E-state index contributed by atoms with van der Waals surface area (Å²) in [7, 11) is 0. The third-order valence-corrected chi connectivity index (χ3v) is 2.77. The minimum atomic E-state index is -0.998. The van der Waals surface area contributed by atoms with E-state index in [-0.39, 0.29) is 5.56 Å². The molecule has 2 heterocycles. The van der Waals surface area contributed by atoms with Crippen LogP contribution in [-0.2, 0) is 6.54 Å². The van der Waals surface area contributed by atoms with E-state index in [4.69, 9.17) is 0 Å². The SMILES string of the molecule is CCn1ccc(Nc2cc(C)nc(C)c2C(=O)O)n1. The second kappa shape index (κ2) is 5.09. The van der Waals surface area contributed by atoms with Gasteiger partial charge < -0.3 is 10.4 Å². The maximum atomic E-state index is 11.3. The molecular formula is C13H16N4O2. The number of carbonyl (C=O) groups is 1. The summed E-state index contributed by atoms with van der Waals surface area (Å²) >= 11 is 0. The van der Waals surface area contributed by atoms with Crippen molar-refractivity contribution in [3.8, 4) is 0 Å². The van der Waals surface area contributed by atoms with E-state index in [9.17, 15) is 9.90 Å². The first-order chi connectivity index (χ1) is 9.01. The predicted molar refractivity (Wildman–Crippen MR) is 71.9 cm³/mol. The third kappa shape index (κ3) is 2.73. The van der Waals surface area contributed by atoms with E-state index in [0.29, 0.717) is 17.2 Å². The Hall–Kier alpha value is -2.37. The summed E-state index contributed by atoms with van der Waals surface area (Å²) in [6.07, 6.45) is 1.84. The van der Waals surface area contributed by atoms with Crippen LogP contribution in [0.25, 0.3) is 0 Å².